The predicted molar refractivity (Wildman–Crippen MR) is 105 cm³/mol. The molecule has 1 aliphatic rings. The zero-order valence-corrected chi connectivity index (χ0v) is 15.1. The lowest BCUT2D eigenvalue weighted by Crippen LogP contribution is -2.33. The van der Waals surface area contributed by atoms with Crippen molar-refractivity contribution >= 4 is 46.0 Å². The molecule has 1 aliphatic heterocycles. The van der Waals surface area contributed by atoms with E-state index in [-0.39, 0.29) is 11.7 Å². The Balaban J connectivity index is 1.74. The highest BCUT2D eigenvalue weighted by Crippen LogP contribution is 2.34. The summed E-state index contributed by atoms with van der Waals surface area (Å²) in [6.07, 6.45) is 1.74. The van der Waals surface area contributed by atoms with Crippen molar-refractivity contribution in [2.24, 2.45) is 0 Å². The molecule has 2 N–H and O–H groups in total. The maximum absolute atomic E-state index is 12.6. The fraction of sp³-hybridized carbons (Fsp3) is 0.111. The topological polar surface area (TPSA) is 61.8 Å². The maximum Gasteiger partial charge on any atom is 0.267 e. The predicted octanol–water partition coefficient (Wildman–Crippen LogP) is 3.67. The number of phenols is 1. The van der Waals surface area contributed by atoms with Gasteiger partial charge in [0, 0.05) is 5.69 Å². The number of benzene rings is 2. The normalized spacial score (nSPS) is 15.7. The van der Waals surface area contributed by atoms with Gasteiger partial charge < -0.3 is 15.2 Å². The Morgan fingerprint density at radius 1 is 1.28 bits per heavy atom. The summed E-state index contributed by atoms with van der Waals surface area (Å²) in [5, 5.41) is 12.8. The number of anilines is 1. The summed E-state index contributed by atoms with van der Waals surface area (Å²) in [7, 11) is 1.48. The van der Waals surface area contributed by atoms with Crippen LogP contribution < -0.4 is 10.1 Å². The van der Waals surface area contributed by atoms with Crippen LogP contribution in [0.1, 0.15) is 5.56 Å². The average Bonchev–Trinajstić information content (AvgIpc) is 2.89. The number of methoxy groups -OCH3 is 1. The standard InChI is InChI=1S/C18H16N2O3S2/c1-23-15-9-12(7-8-14(15)21)10-16-17(22)20(18(24)25-16)11-19-13-5-3-2-4-6-13/h2-10,19,21H,11H2,1H3/b16-10-. The van der Waals surface area contributed by atoms with E-state index in [9.17, 15) is 9.90 Å². The fourth-order valence-electron chi connectivity index (χ4n) is 2.30. The van der Waals surface area contributed by atoms with Crippen LogP contribution >= 0.6 is 24.0 Å². The molecular weight excluding hydrogens is 356 g/mol. The highest BCUT2D eigenvalue weighted by molar-refractivity contribution is 8.26. The molecule has 0 bridgehead atoms. The molecule has 0 unspecified atom stereocenters. The van der Waals surface area contributed by atoms with Crippen molar-refractivity contribution in [3.63, 3.8) is 0 Å². The molecule has 0 radical (unpaired) electrons. The Labute approximate surface area is 155 Å². The molecule has 1 saturated heterocycles. The summed E-state index contributed by atoms with van der Waals surface area (Å²) < 4.78 is 5.59. The number of nitrogens with one attached hydrogen (secondary N) is 1. The fourth-order valence-corrected chi connectivity index (χ4v) is 3.55. The van der Waals surface area contributed by atoms with Gasteiger partial charge in [-0.05, 0) is 35.9 Å². The largest absolute Gasteiger partial charge is 0.504 e. The van der Waals surface area contributed by atoms with Crippen molar-refractivity contribution in [3.8, 4) is 11.5 Å². The molecule has 7 heteroatoms. The molecule has 2 aromatic rings. The van der Waals surface area contributed by atoms with Crippen LogP contribution in [0, 0.1) is 0 Å². The molecule has 128 valence electrons. The van der Waals surface area contributed by atoms with Gasteiger partial charge in [0.2, 0.25) is 0 Å². The number of thioether (sulfide) groups is 1. The van der Waals surface area contributed by atoms with Gasteiger partial charge in [0.1, 0.15) is 4.32 Å². The van der Waals surface area contributed by atoms with Crippen molar-refractivity contribution < 1.29 is 14.6 Å². The van der Waals surface area contributed by atoms with E-state index in [0.29, 0.717) is 21.6 Å². The van der Waals surface area contributed by atoms with Crippen LogP contribution in [0.15, 0.2) is 53.4 Å². The van der Waals surface area contributed by atoms with Crippen LogP contribution in [0.4, 0.5) is 5.69 Å². The second kappa shape index (κ2) is 7.58. The number of carbonyl (C=O) groups is 1. The van der Waals surface area contributed by atoms with Gasteiger partial charge in [0.15, 0.2) is 11.5 Å². The Kier molecular flexibility index (Phi) is 5.25. The van der Waals surface area contributed by atoms with Gasteiger partial charge in [-0.25, -0.2) is 0 Å². The highest BCUT2D eigenvalue weighted by Gasteiger charge is 2.31. The van der Waals surface area contributed by atoms with E-state index in [2.05, 4.69) is 5.32 Å². The first-order valence-electron chi connectivity index (χ1n) is 7.50. The van der Waals surface area contributed by atoms with Gasteiger partial charge in [-0.1, -0.05) is 48.2 Å². The molecule has 2 aromatic carbocycles. The van der Waals surface area contributed by atoms with Gasteiger partial charge in [-0.2, -0.15) is 0 Å². The molecule has 0 aliphatic carbocycles. The summed E-state index contributed by atoms with van der Waals surface area (Å²) in [6.45, 7) is 0.310. The Morgan fingerprint density at radius 3 is 2.76 bits per heavy atom. The average molecular weight is 372 g/mol. The summed E-state index contributed by atoms with van der Waals surface area (Å²) in [4.78, 5) is 14.7. The van der Waals surface area contributed by atoms with Crippen molar-refractivity contribution in [1.82, 2.24) is 4.90 Å². The van der Waals surface area contributed by atoms with Crippen molar-refractivity contribution in [1.29, 1.82) is 0 Å². The first-order chi connectivity index (χ1) is 12.1. The minimum atomic E-state index is -0.148. The number of hydrogen-bond donors (Lipinski definition) is 2. The molecule has 1 fully saturated rings. The molecule has 5 nitrogen and oxygen atoms in total. The van der Waals surface area contributed by atoms with Crippen molar-refractivity contribution in [2.45, 2.75) is 0 Å². The van der Waals surface area contributed by atoms with Crippen LogP contribution in [0.25, 0.3) is 6.08 Å². The summed E-state index contributed by atoms with van der Waals surface area (Å²) in [6, 6.07) is 14.5. The van der Waals surface area contributed by atoms with Crippen LogP contribution in [0.3, 0.4) is 0 Å². The van der Waals surface area contributed by atoms with E-state index in [4.69, 9.17) is 17.0 Å². The monoisotopic (exact) mass is 372 g/mol. The summed E-state index contributed by atoms with van der Waals surface area (Å²) in [5.74, 6) is 0.264. The SMILES string of the molecule is COc1cc(/C=C2\SC(=S)N(CNc3ccccc3)C2=O)ccc1O. The highest BCUT2D eigenvalue weighted by atomic mass is 32.2. The van der Waals surface area contributed by atoms with Crippen LogP contribution in [-0.2, 0) is 4.79 Å². The van der Waals surface area contributed by atoms with Gasteiger partial charge in [-0.15, -0.1) is 0 Å². The van der Waals surface area contributed by atoms with Crippen LogP contribution in [0.5, 0.6) is 11.5 Å². The third-order valence-electron chi connectivity index (χ3n) is 3.59. The Hall–Kier alpha value is -2.51. The number of nitrogens with zero attached hydrogens (tertiary/aromatic N) is 1. The number of phenolic OH excluding ortho intramolecular Hbond substituents is 1. The molecule has 0 atom stereocenters. The first kappa shape index (κ1) is 17.3. The van der Waals surface area contributed by atoms with E-state index >= 15 is 0 Å². The number of rotatable bonds is 5. The number of aromatic hydroxyl groups is 1. The number of thiocarbonyl (C=S) groups is 1. The van der Waals surface area contributed by atoms with E-state index in [1.807, 2.05) is 30.3 Å². The van der Waals surface area contributed by atoms with E-state index in [1.54, 1.807) is 18.2 Å². The van der Waals surface area contributed by atoms with E-state index in [1.165, 1.54) is 29.8 Å². The number of ether oxygens (including phenoxy) is 1. The van der Waals surface area contributed by atoms with E-state index < -0.39 is 0 Å². The molecule has 0 spiro atoms. The minimum absolute atomic E-state index is 0.0549. The summed E-state index contributed by atoms with van der Waals surface area (Å²) in [5.41, 5.74) is 1.68. The Morgan fingerprint density at radius 2 is 2.04 bits per heavy atom. The second-order valence-electron chi connectivity index (χ2n) is 5.24. The number of amides is 1. The van der Waals surface area contributed by atoms with Crippen LogP contribution in [-0.4, -0.2) is 34.0 Å². The van der Waals surface area contributed by atoms with Crippen molar-refractivity contribution in [2.75, 3.05) is 19.1 Å². The third kappa shape index (κ3) is 3.94. The van der Waals surface area contributed by atoms with Crippen molar-refractivity contribution in [3.05, 3.63) is 59.0 Å². The van der Waals surface area contributed by atoms with E-state index in [0.717, 1.165) is 11.3 Å². The van der Waals surface area contributed by atoms with Gasteiger partial charge >= 0.3 is 0 Å². The summed E-state index contributed by atoms with van der Waals surface area (Å²) >= 11 is 6.57. The number of carbonyl (C=O) groups excluding carboxylic acids is 1. The lowest BCUT2D eigenvalue weighted by atomic mass is 10.2. The van der Waals surface area contributed by atoms with Gasteiger partial charge in [0.25, 0.3) is 5.91 Å². The molecule has 1 heterocycles. The third-order valence-corrected chi connectivity index (χ3v) is 4.97. The molecular formula is C18H16N2O3S2. The van der Waals surface area contributed by atoms with Crippen LogP contribution in [0.2, 0.25) is 0 Å². The smallest absolute Gasteiger partial charge is 0.267 e. The number of hydrogen-bond acceptors (Lipinski definition) is 6. The zero-order chi connectivity index (χ0) is 17.8. The maximum atomic E-state index is 12.6. The Bertz CT molecular complexity index is 837. The van der Waals surface area contributed by atoms with Gasteiger partial charge in [-0.3, -0.25) is 9.69 Å². The lowest BCUT2D eigenvalue weighted by molar-refractivity contribution is -0.121. The van der Waals surface area contributed by atoms with Gasteiger partial charge in [0.05, 0.1) is 18.7 Å². The first-order valence-corrected chi connectivity index (χ1v) is 8.72. The molecule has 0 aromatic heterocycles. The lowest BCUT2D eigenvalue weighted by Gasteiger charge is -2.16. The molecule has 0 saturated carbocycles. The molecule has 1 amide bonds. The quantitative estimate of drug-likeness (QED) is 0.617. The minimum Gasteiger partial charge on any atom is -0.504 e. The number of para-hydroxylation sites is 1. The molecule has 25 heavy (non-hydrogen) atoms. The zero-order valence-electron chi connectivity index (χ0n) is 13.4. The molecule has 3 rings (SSSR count). The second-order valence-corrected chi connectivity index (χ2v) is 6.92.